The predicted molar refractivity (Wildman–Crippen MR) is 76.6 cm³/mol. The van der Waals surface area contributed by atoms with Crippen LogP contribution in [0.1, 0.15) is 44.1 Å². The van der Waals surface area contributed by atoms with E-state index >= 15 is 0 Å². The van der Waals surface area contributed by atoms with Crippen molar-refractivity contribution in [2.24, 2.45) is 7.05 Å². The van der Waals surface area contributed by atoms with Crippen molar-refractivity contribution in [2.45, 2.75) is 39.5 Å². The molecule has 3 heterocycles. The van der Waals surface area contributed by atoms with Gasteiger partial charge in [0.2, 0.25) is 0 Å². The van der Waals surface area contributed by atoms with Crippen molar-refractivity contribution in [2.75, 3.05) is 18.0 Å². The van der Waals surface area contributed by atoms with Gasteiger partial charge in [-0.2, -0.15) is 5.10 Å². The molecule has 0 saturated carbocycles. The topological polar surface area (TPSA) is 46.8 Å². The summed E-state index contributed by atoms with van der Waals surface area (Å²) in [6.07, 6.45) is 2.50. The van der Waals surface area contributed by atoms with E-state index in [0.717, 1.165) is 41.5 Å². The highest BCUT2D eigenvalue weighted by atomic mass is 15.3. The Kier molecular flexibility index (Phi) is 2.92. The predicted octanol–water partition coefficient (Wildman–Crippen LogP) is 2.40. The summed E-state index contributed by atoms with van der Waals surface area (Å²) in [4.78, 5) is 11.9. The van der Waals surface area contributed by atoms with Crippen LogP contribution in [0.15, 0.2) is 0 Å². The number of rotatable bonds is 2. The second kappa shape index (κ2) is 4.47. The zero-order valence-electron chi connectivity index (χ0n) is 12.1. The van der Waals surface area contributed by atoms with Gasteiger partial charge in [0.25, 0.3) is 0 Å². The van der Waals surface area contributed by atoms with E-state index in [1.807, 2.05) is 18.7 Å². The molecule has 1 aliphatic heterocycles. The second-order valence-electron chi connectivity index (χ2n) is 5.66. The van der Waals surface area contributed by atoms with Crippen LogP contribution in [0.3, 0.4) is 0 Å². The molecule has 102 valence electrons. The molecule has 0 N–H and O–H groups in total. The van der Waals surface area contributed by atoms with Gasteiger partial charge in [-0.1, -0.05) is 13.8 Å². The van der Waals surface area contributed by atoms with Gasteiger partial charge >= 0.3 is 0 Å². The van der Waals surface area contributed by atoms with Crippen molar-refractivity contribution in [3.63, 3.8) is 0 Å². The van der Waals surface area contributed by atoms with Crippen molar-refractivity contribution in [3.8, 4) is 0 Å². The first kappa shape index (κ1) is 12.4. The van der Waals surface area contributed by atoms with E-state index in [-0.39, 0.29) is 0 Å². The normalized spacial score (nSPS) is 15.9. The van der Waals surface area contributed by atoms with E-state index in [2.05, 4.69) is 23.8 Å². The van der Waals surface area contributed by atoms with Crippen LogP contribution in [0, 0.1) is 6.92 Å². The Morgan fingerprint density at radius 3 is 2.42 bits per heavy atom. The summed E-state index contributed by atoms with van der Waals surface area (Å²) >= 11 is 0. The van der Waals surface area contributed by atoms with Gasteiger partial charge < -0.3 is 4.90 Å². The molecule has 0 radical (unpaired) electrons. The smallest absolute Gasteiger partial charge is 0.158 e. The lowest BCUT2D eigenvalue weighted by atomic mass is 10.2. The lowest BCUT2D eigenvalue weighted by Gasteiger charge is -2.19. The number of anilines is 1. The summed E-state index contributed by atoms with van der Waals surface area (Å²) in [5.74, 6) is 2.32. The van der Waals surface area contributed by atoms with Gasteiger partial charge in [-0.25, -0.2) is 9.97 Å². The Bertz CT molecular complexity index is 608. The molecule has 0 spiro atoms. The molecule has 3 rings (SSSR count). The number of aryl methyl sites for hydroxylation is 2. The SMILES string of the molecule is Cc1nn(C)c2c(N3CCCC3)nc(C(C)C)nc12. The molecule has 1 saturated heterocycles. The van der Waals surface area contributed by atoms with Crippen LogP contribution < -0.4 is 4.90 Å². The van der Waals surface area contributed by atoms with Crippen LogP contribution in [0.4, 0.5) is 5.82 Å². The number of aromatic nitrogens is 4. The first-order valence-electron chi connectivity index (χ1n) is 7.04. The maximum Gasteiger partial charge on any atom is 0.158 e. The third-order valence-electron chi connectivity index (χ3n) is 3.77. The zero-order valence-corrected chi connectivity index (χ0v) is 12.1. The van der Waals surface area contributed by atoms with Crippen LogP contribution in [0.2, 0.25) is 0 Å². The quantitative estimate of drug-likeness (QED) is 0.831. The van der Waals surface area contributed by atoms with Crippen molar-refractivity contribution < 1.29 is 0 Å². The third-order valence-corrected chi connectivity index (χ3v) is 3.77. The maximum atomic E-state index is 4.81. The summed E-state index contributed by atoms with van der Waals surface area (Å²) in [6, 6.07) is 0. The molecule has 1 fully saturated rings. The van der Waals surface area contributed by atoms with E-state index in [1.54, 1.807) is 0 Å². The van der Waals surface area contributed by atoms with Gasteiger partial charge in [0.1, 0.15) is 16.9 Å². The number of fused-ring (bicyclic) bond motifs is 1. The molecular weight excluding hydrogens is 238 g/mol. The van der Waals surface area contributed by atoms with Crippen LogP contribution in [-0.2, 0) is 7.05 Å². The highest BCUT2D eigenvalue weighted by Crippen LogP contribution is 2.29. The Hall–Kier alpha value is -1.65. The third kappa shape index (κ3) is 1.97. The molecule has 0 amide bonds. The average Bonchev–Trinajstić information content (AvgIpc) is 2.98. The Labute approximate surface area is 113 Å². The van der Waals surface area contributed by atoms with Crippen LogP contribution >= 0.6 is 0 Å². The minimum absolute atomic E-state index is 0.338. The molecule has 0 unspecified atom stereocenters. The number of hydrogen-bond acceptors (Lipinski definition) is 4. The monoisotopic (exact) mass is 259 g/mol. The molecule has 0 atom stereocenters. The Morgan fingerprint density at radius 2 is 1.79 bits per heavy atom. The van der Waals surface area contributed by atoms with E-state index in [4.69, 9.17) is 9.97 Å². The lowest BCUT2D eigenvalue weighted by molar-refractivity contribution is 0.761. The van der Waals surface area contributed by atoms with Crippen molar-refractivity contribution >= 4 is 16.9 Å². The zero-order chi connectivity index (χ0) is 13.6. The van der Waals surface area contributed by atoms with Gasteiger partial charge in [-0.05, 0) is 19.8 Å². The second-order valence-corrected chi connectivity index (χ2v) is 5.66. The van der Waals surface area contributed by atoms with Gasteiger partial charge in [-0.3, -0.25) is 4.68 Å². The maximum absolute atomic E-state index is 4.81. The van der Waals surface area contributed by atoms with E-state index in [0.29, 0.717) is 5.92 Å². The Morgan fingerprint density at radius 1 is 1.11 bits per heavy atom. The summed E-state index contributed by atoms with van der Waals surface area (Å²) in [5.41, 5.74) is 3.06. The van der Waals surface area contributed by atoms with Gasteiger partial charge in [0, 0.05) is 26.1 Å². The summed E-state index contributed by atoms with van der Waals surface area (Å²) in [6.45, 7) is 8.48. The Balaban J connectivity index is 2.26. The average molecular weight is 259 g/mol. The molecule has 0 aromatic carbocycles. The first-order chi connectivity index (χ1) is 9.08. The summed E-state index contributed by atoms with van der Waals surface area (Å²) in [5, 5.41) is 4.51. The fraction of sp³-hybridized carbons (Fsp3) is 0.643. The lowest BCUT2D eigenvalue weighted by Crippen LogP contribution is -2.21. The van der Waals surface area contributed by atoms with Crippen molar-refractivity contribution in [1.29, 1.82) is 0 Å². The largest absolute Gasteiger partial charge is 0.355 e. The van der Waals surface area contributed by atoms with E-state index in [1.165, 1.54) is 12.8 Å². The summed E-state index contributed by atoms with van der Waals surface area (Å²) < 4.78 is 1.92. The van der Waals surface area contributed by atoms with Crippen molar-refractivity contribution in [1.82, 2.24) is 19.7 Å². The highest BCUT2D eigenvalue weighted by molar-refractivity contribution is 5.88. The standard InChI is InChI=1S/C14H21N5/c1-9(2)13-15-11-10(3)17-18(4)12(11)14(16-13)19-7-5-6-8-19/h9H,5-8H2,1-4H3. The highest BCUT2D eigenvalue weighted by Gasteiger charge is 2.22. The van der Waals surface area contributed by atoms with Gasteiger partial charge in [-0.15, -0.1) is 0 Å². The summed E-state index contributed by atoms with van der Waals surface area (Å²) in [7, 11) is 1.98. The van der Waals surface area contributed by atoms with E-state index < -0.39 is 0 Å². The van der Waals surface area contributed by atoms with E-state index in [9.17, 15) is 0 Å². The molecular formula is C14H21N5. The van der Waals surface area contributed by atoms with Gasteiger partial charge in [0.05, 0.1) is 5.69 Å². The minimum Gasteiger partial charge on any atom is -0.355 e. The van der Waals surface area contributed by atoms with Gasteiger partial charge in [0.15, 0.2) is 5.82 Å². The molecule has 19 heavy (non-hydrogen) atoms. The minimum atomic E-state index is 0.338. The number of hydrogen-bond donors (Lipinski definition) is 0. The molecule has 0 aliphatic carbocycles. The molecule has 5 nitrogen and oxygen atoms in total. The number of nitrogens with zero attached hydrogens (tertiary/aromatic N) is 5. The molecule has 1 aliphatic rings. The van der Waals surface area contributed by atoms with Crippen molar-refractivity contribution in [3.05, 3.63) is 11.5 Å². The fourth-order valence-corrected chi connectivity index (χ4v) is 2.74. The molecule has 0 bridgehead atoms. The van der Waals surface area contributed by atoms with Crippen LogP contribution in [0.25, 0.3) is 11.0 Å². The molecule has 2 aromatic rings. The molecule has 2 aromatic heterocycles. The fourth-order valence-electron chi connectivity index (χ4n) is 2.74. The van der Waals surface area contributed by atoms with Crippen LogP contribution in [-0.4, -0.2) is 32.8 Å². The first-order valence-corrected chi connectivity index (χ1v) is 7.04. The van der Waals surface area contributed by atoms with Crippen LogP contribution in [0.5, 0.6) is 0 Å². The molecule has 5 heteroatoms.